The summed E-state index contributed by atoms with van der Waals surface area (Å²) in [4.78, 5) is 0. The van der Waals surface area contributed by atoms with Crippen LogP contribution >= 0.6 is 0 Å². The maximum atomic E-state index is 10.7. The Morgan fingerprint density at radius 2 is 1.88 bits per heavy atom. The van der Waals surface area contributed by atoms with E-state index >= 15 is 0 Å². The van der Waals surface area contributed by atoms with Crippen molar-refractivity contribution in [3.05, 3.63) is 11.6 Å². The highest BCUT2D eigenvalue weighted by Crippen LogP contribution is 2.51. The van der Waals surface area contributed by atoms with Crippen LogP contribution in [0.2, 0.25) is 0 Å². The van der Waals surface area contributed by atoms with Gasteiger partial charge in [-0.1, -0.05) is 20.8 Å². The summed E-state index contributed by atoms with van der Waals surface area (Å²) in [6, 6.07) is 0. The minimum absolute atomic E-state index is 0.231. The fourth-order valence-electron chi connectivity index (χ4n) is 3.21. The van der Waals surface area contributed by atoms with Crippen LogP contribution in [-0.2, 0) is 9.47 Å². The van der Waals surface area contributed by atoms with Gasteiger partial charge in [0.25, 0.3) is 0 Å². The molecule has 1 N–H and O–H groups in total. The van der Waals surface area contributed by atoms with E-state index in [1.54, 1.807) is 0 Å². The smallest absolute Gasteiger partial charge is 0.188 e. The van der Waals surface area contributed by atoms with Crippen LogP contribution in [0.1, 0.15) is 40.5 Å². The summed E-state index contributed by atoms with van der Waals surface area (Å²) in [7, 11) is 0. The lowest BCUT2D eigenvalue weighted by molar-refractivity contribution is -0.180. The normalized spacial score (nSPS) is 36.4. The Labute approximate surface area is 97.4 Å². The van der Waals surface area contributed by atoms with Gasteiger partial charge in [0.2, 0.25) is 0 Å². The first-order valence-electron chi connectivity index (χ1n) is 6.05. The van der Waals surface area contributed by atoms with Crippen molar-refractivity contribution in [3.8, 4) is 0 Å². The topological polar surface area (TPSA) is 38.7 Å². The van der Waals surface area contributed by atoms with E-state index < -0.39 is 11.4 Å². The van der Waals surface area contributed by atoms with Gasteiger partial charge in [-0.15, -0.1) is 0 Å². The van der Waals surface area contributed by atoms with Gasteiger partial charge in [-0.25, -0.2) is 0 Å². The van der Waals surface area contributed by atoms with E-state index in [0.29, 0.717) is 19.6 Å². The maximum absolute atomic E-state index is 10.7. The third kappa shape index (κ3) is 1.53. The first kappa shape index (κ1) is 12.1. The first-order valence-corrected chi connectivity index (χ1v) is 6.05. The second-order valence-corrected chi connectivity index (χ2v) is 5.61. The fraction of sp³-hybridized carbons (Fsp3) is 0.846. The molecule has 0 aromatic heterocycles. The van der Waals surface area contributed by atoms with Crippen LogP contribution in [0.3, 0.4) is 0 Å². The van der Waals surface area contributed by atoms with Crippen LogP contribution in [-0.4, -0.2) is 29.7 Å². The molecule has 0 aromatic rings. The highest BCUT2D eigenvalue weighted by atomic mass is 16.7. The van der Waals surface area contributed by atoms with Crippen molar-refractivity contribution >= 4 is 0 Å². The lowest BCUT2D eigenvalue weighted by atomic mass is 9.62. The Hall–Kier alpha value is -0.380. The highest BCUT2D eigenvalue weighted by Gasteiger charge is 2.54. The molecule has 1 aliphatic heterocycles. The van der Waals surface area contributed by atoms with Crippen molar-refractivity contribution in [3.63, 3.8) is 0 Å². The number of hydrogen-bond donors (Lipinski definition) is 1. The summed E-state index contributed by atoms with van der Waals surface area (Å²) in [5, 5.41) is 10.7. The molecule has 3 heteroatoms. The molecule has 0 saturated carbocycles. The van der Waals surface area contributed by atoms with Crippen LogP contribution in [0, 0.1) is 5.41 Å². The zero-order valence-electron chi connectivity index (χ0n) is 10.7. The van der Waals surface area contributed by atoms with Crippen molar-refractivity contribution in [1.29, 1.82) is 0 Å². The molecule has 2 rings (SSSR count). The van der Waals surface area contributed by atoms with Gasteiger partial charge in [-0.2, -0.15) is 0 Å². The van der Waals surface area contributed by atoms with E-state index in [-0.39, 0.29) is 5.41 Å². The molecule has 92 valence electrons. The Bertz CT molecular complexity index is 313. The molecule has 1 spiro atoms. The Morgan fingerprint density at radius 1 is 1.31 bits per heavy atom. The second kappa shape index (κ2) is 3.56. The number of hydrogen-bond acceptors (Lipinski definition) is 3. The molecule has 2 aliphatic rings. The standard InChI is InChI=1S/C13H22O3/c1-5-13(14)10(2)8-12(9-11(13,3)4)15-6-7-16-12/h8,14H,5-7,9H2,1-4H3. The minimum atomic E-state index is -0.742. The van der Waals surface area contributed by atoms with Gasteiger partial charge < -0.3 is 14.6 Å². The second-order valence-electron chi connectivity index (χ2n) is 5.61. The van der Waals surface area contributed by atoms with Gasteiger partial charge in [0.05, 0.1) is 18.8 Å². The Balaban J connectivity index is 2.42. The number of aliphatic hydroxyl groups is 1. The van der Waals surface area contributed by atoms with E-state index in [0.717, 1.165) is 12.0 Å². The van der Waals surface area contributed by atoms with E-state index in [9.17, 15) is 5.11 Å². The summed E-state index contributed by atoms with van der Waals surface area (Å²) in [6.07, 6.45) is 3.40. The van der Waals surface area contributed by atoms with Gasteiger partial charge >= 0.3 is 0 Å². The SMILES string of the molecule is CCC1(O)C(C)=CC2(CC1(C)C)OCCO2. The number of ether oxygens (including phenoxy) is 2. The molecule has 16 heavy (non-hydrogen) atoms. The van der Waals surface area contributed by atoms with Gasteiger partial charge in [-0.05, 0) is 25.0 Å². The lowest BCUT2D eigenvalue weighted by Crippen LogP contribution is -2.54. The van der Waals surface area contributed by atoms with E-state index in [2.05, 4.69) is 13.8 Å². The molecule has 0 amide bonds. The third-order valence-electron chi connectivity index (χ3n) is 4.18. The van der Waals surface area contributed by atoms with Crippen LogP contribution in [0.4, 0.5) is 0 Å². The molecule has 0 radical (unpaired) electrons. The van der Waals surface area contributed by atoms with Gasteiger partial charge in [0, 0.05) is 11.8 Å². The fourth-order valence-corrected chi connectivity index (χ4v) is 3.21. The van der Waals surface area contributed by atoms with Crippen molar-refractivity contribution in [2.45, 2.75) is 51.9 Å². The maximum Gasteiger partial charge on any atom is 0.188 e. The zero-order valence-corrected chi connectivity index (χ0v) is 10.7. The van der Waals surface area contributed by atoms with Crippen molar-refractivity contribution < 1.29 is 14.6 Å². The highest BCUT2D eigenvalue weighted by molar-refractivity contribution is 5.27. The largest absolute Gasteiger partial charge is 0.385 e. The lowest BCUT2D eigenvalue weighted by Gasteiger charge is -2.50. The molecule has 1 atom stereocenters. The predicted molar refractivity (Wildman–Crippen MR) is 62.0 cm³/mol. The molecular formula is C13H22O3. The Kier molecular flexibility index (Phi) is 2.69. The Morgan fingerprint density at radius 3 is 2.31 bits per heavy atom. The van der Waals surface area contributed by atoms with Crippen LogP contribution < -0.4 is 0 Å². The van der Waals surface area contributed by atoms with Crippen LogP contribution in [0.5, 0.6) is 0 Å². The monoisotopic (exact) mass is 226 g/mol. The average molecular weight is 226 g/mol. The predicted octanol–water partition coefficient (Wildman–Crippen LogP) is 2.25. The zero-order chi connectivity index (χ0) is 12.0. The van der Waals surface area contributed by atoms with Gasteiger partial charge in [-0.3, -0.25) is 0 Å². The molecule has 1 heterocycles. The summed E-state index contributed by atoms with van der Waals surface area (Å²) >= 11 is 0. The molecule has 0 bridgehead atoms. The van der Waals surface area contributed by atoms with Crippen molar-refractivity contribution in [1.82, 2.24) is 0 Å². The van der Waals surface area contributed by atoms with Crippen molar-refractivity contribution in [2.75, 3.05) is 13.2 Å². The molecular weight excluding hydrogens is 204 g/mol. The van der Waals surface area contributed by atoms with E-state index in [4.69, 9.17) is 9.47 Å². The summed E-state index contributed by atoms with van der Waals surface area (Å²) in [6.45, 7) is 9.44. The molecule has 1 saturated heterocycles. The van der Waals surface area contributed by atoms with Crippen molar-refractivity contribution in [2.24, 2.45) is 5.41 Å². The summed E-state index contributed by atoms with van der Waals surface area (Å²) in [5.41, 5.74) is -0.00785. The summed E-state index contributed by atoms with van der Waals surface area (Å²) < 4.78 is 11.4. The summed E-state index contributed by atoms with van der Waals surface area (Å²) in [5.74, 6) is -0.588. The van der Waals surface area contributed by atoms with Gasteiger partial charge in [0.1, 0.15) is 0 Å². The van der Waals surface area contributed by atoms with E-state index in [1.165, 1.54) is 0 Å². The quantitative estimate of drug-likeness (QED) is 0.697. The molecule has 1 aliphatic carbocycles. The molecule has 0 aromatic carbocycles. The van der Waals surface area contributed by atoms with E-state index in [1.807, 2.05) is 19.9 Å². The molecule has 1 unspecified atom stereocenters. The number of rotatable bonds is 1. The minimum Gasteiger partial charge on any atom is -0.385 e. The molecule has 3 nitrogen and oxygen atoms in total. The van der Waals surface area contributed by atoms with Crippen LogP contribution in [0.15, 0.2) is 11.6 Å². The molecule has 1 fully saturated rings. The average Bonchev–Trinajstić information content (AvgIpc) is 2.61. The van der Waals surface area contributed by atoms with Crippen LogP contribution in [0.25, 0.3) is 0 Å². The van der Waals surface area contributed by atoms with Gasteiger partial charge in [0.15, 0.2) is 5.79 Å². The first-order chi connectivity index (χ1) is 7.35. The third-order valence-corrected chi connectivity index (χ3v) is 4.18.